The average Bonchev–Trinajstić information content (AvgIpc) is 3.32. The van der Waals surface area contributed by atoms with Crippen molar-refractivity contribution in [2.75, 3.05) is 5.32 Å². The molecule has 0 spiro atoms. The first-order valence-corrected chi connectivity index (χ1v) is 8.56. The van der Waals surface area contributed by atoms with Crippen molar-refractivity contribution in [3.8, 4) is 11.5 Å². The highest BCUT2D eigenvalue weighted by molar-refractivity contribution is 6.30. The van der Waals surface area contributed by atoms with Crippen molar-refractivity contribution < 1.29 is 4.79 Å². The highest BCUT2D eigenvalue weighted by Crippen LogP contribution is 2.19. The number of halogens is 1. The molecule has 0 fully saturated rings. The number of carbonyl (C=O) groups excluding carboxylic acids is 1. The Kier molecular flexibility index (Phi) is 4.43. The van der Waals surface area contributed by atoms with E-state index in [2.05, 4.69) is 20.4 Å². The summed E-state index contributed by atoms with van der Waals surface area (Å²) in [7, 11) is 0. The number of nitrogens with zero attached hydrogens (tertiary/aromatic N) is 5. The van der Waals surface area contributed by atoms with Crippen LogP contribution in [0.4, 0.5) is 5.69 Å². The van der Waals surface area contributed by atoms with Crippen LogP contribution in [-0.2, 0) is 0 Å². The molecule has 1 aromatic carbocycles. The summed E-state index contributed by atoms with van der Waals surface area (Å²) in [4.78, 5) is 20.9. The summed E-state index contributed by atoms with van der Waals surface area (Å²) in [5.41, 5.74) is 2.59. The summed E-state index contributed by atoms with van der Waals surface area (Å²) in [6, 6.07) is 10.9. The normalized spacial score (nSPS) is 10.7. The molecular weight excluding hydrogens is 364 g/mol. The van der Waals surface area contributed by atoms with Crippen molar-refractivity contribution >= 4 is 23.2 Å². The van der Waals surface area contributed by atoms with E-state index in [-0.39, 0.29) is 5.91 Å². The number of benzene rings is 1. The van der Waals surface area contributed by atoms with Crippen molar-refractivity contribution in [1.29, 1.82) is 0 Å². The molecule has 7 nitrogen and oxygen atoms in total. The van der Waals surface area contributed by atoms with E-state index in [1.165, 1.54) is 0 Å². The van der Waals surface area contributed by atoms with Crippen molar-refractivity contribution in [2.24, 2.45) is 0 Å². The molecule has 1 amide bonds. The van der Waals surface area contributed by atoms with Crippen LogP contribution in [0.2, 0.25) is 5.02 Å². The fourth-order valence-electron chi connectivity index (χ4n) is 2.71. The molecule has 0 aliphatic heterocycles. The van der Waals surface area contributed by atoms with E-state index >= 15 is 0 Å². The molecule has 0 bridgehead atoms. The smallest absolute Gasteiger partial charge is 0.259 e. The van der Waals surface area contributed by atoms with Gasteiger partial charge in [-0.15, -0.1) is 0 Å². The second kappa shape index (κ2) is 7.05. The molecule has 0 saturated heterocycles. The second-order valence-corrected chi connectivity index (χ2v) is 6.30. The van der Waals surface area contributed by atoms with E-state index in [0.717, 1.165) is 17.2 Å². The summed E-state index contributed by atoms with van der Waals surface area (Å²) in [5.74, 6) is 0.466. The standard InChI is InChI=1S/C19H15ClN6O/c1-13-17(11-23-26(13)16-4-2-3-14(20)9-16)19(27)24-15-5-6-18(22-10-15)25-8-7-21-12-25/h2-12H,1H3,(H,24,27). The van der Waals surface area contributed by atoms with Crippen LogP contribution in [0.25, 0.3) is 11.5 Å². The van der Waals surface area contributed by atoms with Gasteiger partial charge in [0.1, 0.15) is 12.1 Å². The second-order valence-electron chi connectivity index (χ2n) is 5.86. The number of carbonyl (C=O) groups is 1. The minimum atomic E-state index is -0.252. The molecule has 0 atom stereocenters. The quantitative estimate of drug-likeness (QED) is 0.587. The van der Waals surface area contributed by atoms with E-state index in [1.54, 1.807) is 64.6 Å². The van der Waals surface area contributed by atoms with Gasteiger partial charge >= 0.3 is 0 Å². The number of anilines is 1. The summed E-state index contributed by atoms with van der Waals surface area (Å²) >= 11 is 6.04. The molecule has 0 saturated carbocycles. The number of amides is 1. The predicted octanol–water partition coefficient (Wildman–Crippen LogP) is 3.67. The molecule has 4 aromatic rings. The van der Waals surface area contributed by atoms with E-state index in [1.807, 2.05) is 19.1 Å². The minimum Gasteiger partial charge on any atom is -0.320 e. The van der Waals surface area contributed by atoms with Gasteiger partial charge in [0.2, 0.25) is 0 Å². The van der Waals surface area contributed by atoms with Gasteiger partial charge in [0.25, 0.3) is 5.91 Å². The molecular formula is C19H15ClN6O. The van der Waals surface area contributed by atoms with Gasteiger partial charge in [-0.2, -0.15) is 5.10 Å². The molecule has 3 aromatic heterocycles. The molecule has 4 rings (SSSR count). The average molecular weight is 379 g/mol. The Morgan fingerprint density at radius 2 is 2.07 bits per heavy atom. The Morgan fingerprint density at radius 1 is 1.19 bits per heavy atom. The van der Waals surface area contributed by atoms with Crippen LogP contribution in [0.3, 0.4) is 0 Å². The zero-order chi connectivity index (χ0) is 18.8. The maximum atomic E-state index is 12.6. The third kappa shape index (κ3) is 3.45. The highest BCUT2D eigenvalue weighted by Gasteiger charge is 2.15. The van der Waals surface area contributed by atoms with Crippen LogP contribution in [-0.4, -0.2) is 30.2 Å². The fourth-order valence-corrected chi connectivity index (χ4v) is 2.89. The number of rotatable bonds is 4. The maximum absolute atomic E-state index is 12.6. The Labute approximate surface area is 160 Å². The van der Waals surface area contributed by atoms with Crippen molar-refractivity contribution in [3.05, 3.63) is 83.8 Å². The minimum absolute atomic E-state index is 0.252. The largest absolute Gasteiger partial charge is 0.320 e. The topological polar surface area (TPSA) is 77.6 Å². The summed E-state index contributed by atoms with van der Waals surface area (Å²) < 4.78 is 3.46. The number of nitrogens with one attached hydrogen (secondary N) is 1. The molecule has 0 radical (unpaired) electrons. The van der Waals surface area contributed by atoms with Crippen LogP contribution >= 0.6 is 11.6 Å². The molecule has 1 N–H and O–H groups in total. The number of pyridine rings is 1. The zero-order valence-electron chi connectivity index (χ0n) is 14.4. The molecule has 0 aliphatic carbocycles. The Morgan fingerprint density at radius 3 is 2.78 bits per heavy atom. The van der Waals surface area contributed by atoms with Gasteiger partial charge < -0.3 is 5.32 Å². The van der Waals surface area contributed by atoms with E-state index in [0.29, 0.717) is 16.3 Å². The SMILES string of the molecule is Cc1c(C(=O)Nc2ccc(-n3ccnc3)nc2)cnn1-c1cccc(Cl)c1. The first kappa shape index (κ1) is 17.0. The lowest BCUT2D eigenvalue weighted by atomic mass is 10.2. The third-order valence-electron chi connectivity index (χ3n) is 4.08. The van der Waals surface area contributed by atoms with E-state index in [4.69, 9.17) is 11.6 Å². The van der Waals surface area contributed by atoms with Gasteiger partial charge in [-0.25, -0.2) is 14.6 Å². The molecule has 3 heterocycles. The van der Waals surface area contributed by atoms with Gasteiger partial charge in [-0.3, -0.25) is 9.36 Å². The first-order valence-electron chi connectivity index (χ1n) is 8.18. The lowest BCUT2D eigenvalue weighted by molar-refractivity contribution is 0.102. The summed E-state index contributed by atoms with van der Waals surface area (Å²) in [5, 5.41) is 7.76. The van der Waals surface area contributed by atoms with Crippen LogP contribution in [0, 0.1) is 6.92 Å². The molecule has 134 valence electrons. The van der Waals surface area contributed by atoms with Crippen molar-refractivity contribution in [3.63, 3.8) is 0 Å². The van der Waals surface area contributed by atoms with Crippen LogP contribution in [0.15, 0.2) is 67.5 Å². The Bertz CT molecular complexity index is 1090. The van der Waals surface area contributed by atoms with Crippen LogP contribution in [0.5, 0.6) is 0 Å². The third-order valence-corrected chi connectivity index (χ3v) is 4.32. The van der Waals surface area contributed by atoms with Gasteiger partial charge in [0.05, 0.1) is 35.0 Å². The molecule has 27 heavy (non-hydrogen) atoms. The maximum Gasteiger partial charge on any atom is 0.259 e. The van der Waals surface area contributed by atoms with Crippen LogP contribution < -0.4 is 5.32 Å². The van der Waals surface area contributed by atoms with Gasteiger partial charge in [0, 0.05) is 17.4 Å². The van der Waals surface area contributed by atoms with Crippen molar-refractivity contribution in [1.82, 2.24) is 24.3 Å². The predicted molar refractivity (Wildman–Crippen MR) is 103 cm³/mol. The van der Waals surface area contributed by atoms with Gasteiger partial charge in [0.15, 0.2) is 0 Å². The zero-order valence-corrected chi connectivity index (χ0v) is 15.1. The lowest BCUT2D eigenvalue weighted by Crippen LogP contribution is -2.13. The number of hydrogen-bond donors (Lipinski definition) is 1. The Hall–Kier alpha value is -3.45. The monoisotopic (exact) mass is 378 g/mol. The van der Waals surface area contributed by atoms with E-state index < -0.39 is 0 Å². The van der Waals surface area contributed by atoms with Crippen molar-refractivity contribution in [2.45, 2.75) is 6.92 Å². The Balaban J connectivity index is 1.54. The molecule has 0 unspecified atom stereocenters. The summed E-state index contributed by atoms with van der Waals surface area (Å²) in [6.07, 6.45) is 8.28. The highest BCUT2D eigenvalue weighted by atomic mass is 35.5. The van der Waals surface area contributed by atoms with Gasteiger partial charge in [-0.05, 0) is 37.3 Å². The molecule has 8 heteroatoms. The fraction of sp³-hybridized carbons (Fsp3) is 0.0526. The lowest BCUT2D eigenvalue weighted by Gasteiger charge is -2.07. The van der Waals surface area contributed by atoms with Crippen LogP contribution in [0.1, 0.15) is 16.1 Å². The summed E-state index contributed by atoms with van der Waals surface area (Å²) in [6.45, 7) is 1.84. The number of aromatic nitrogens is 5. The molecule has 0 aliphatic rings. The van der Waals surface area contributed by atoms with Gasteiger partial charge in [-0.1, -0.05) is 17.7 Å². The number of imidazole rings is 1. The van der Waals surface area contributed by atoms with E-state index in [9.17, 15) is 4.79 Å². The number of hydrogen-bond acceptors (Lipinski definition) is 4. The first-order chi connectivity index (χ1) is 13.1.